The van der Waals surface area contributed by atoms with E-state index in [1.807, 2.05) is 6.92 Å². The minimum atomic E-state index is -0.158. The monoisotopic (exact) mass is 270 g/mol. The van der Waals surface area contributed by atoms with Crippen molar-refractivity contribution in [1.82, 2.24) is 10.2 Å². The minimum absolute atomic E-state index is 0.0477. The fourth-order valence-electron chi connectivity index (χ4n) is 2.65. The van der Waals surface area contributed by atoms with Crippen LogP contribution in [0, 0.1) is 0 Å². The maximum Gasteiger partial charge on any atom is 0.237 e. The molecule has 1 aliphatic rings. The summed E-state index contributed by atoms with van der Waals surface area (Å²) in [5, 5.41) is 2.92. The molecule has 1 heterocycles. The number of hydrogen-bond acceptors (Lipinski definition) is 4. The Morgan fingerprint density at radius 1 is 1.47 bits per heavy atom. The third-order valence-corrected chi connectivity index (χ3v) is 3.65. The predicted molar refractivity (Wildman–Crippen MR) is 74.0 cm³/mol. The van der Waals surface area contributed by atoms with Crippen molar-refractivity contribution in [3.8, 4) is 0 Å². The maximum atomic E-state index is 12.0. The molecule has 0 aliphatic carbocycles. The fraction of sp³-hybridized carbons (Fsp3) is 0.857. The largest absolute Gasteiger partial charge is 0.385 e. The van der Waals surface area contributed by atoms with Crippen molar-refractivity contribution >= 4 is 11.7 Å². The SMILES string of the molecule is COCCCNC(=O)C(C)N1CCCC1CC(C)=O. The molecular weight excluding hydrogens is 244 g/mol. The van der Waals surface area contributed by atoms with Gasteiger partial charge in [0.1, 0.15) is 5.78 Å². The first-order valence-corrected chi connectivity index (χ1v) is 7.08. The molecule has 0 radical (unpaired) electrons. The van der Waals surface area contributed by atoms with Crippen LogP contribution in [0.4, 0.5) is 0 Å². The summed E-state index contributed by atoms with van der Waals surface area (Å²) in [5.41, 5.74) is 0. The van der Waals surface area contributed by atoms with E-state index >= 15 is 0 Å². The van der Waals surface area contributed by atoms with Gasteiger partial charge in [0.2, 0.25) is 5.91 Å². The number of hydrogen-bond donors (Lipinski definition) is 1. The first-order valence-electron chi connectivity index (χ1n) is 7.08. The summed E-state index contributed by atoms with van der Waals surface area (Å²) in [4.78, 5) is 25.4. The number of likely N-dealkylation sites (tertiary alicyclic amines) is 1. The summed E-state index contributed by atoms with van der Waals surface area (Å²) in [5.74, 6) is 0.246. The summed E-state index contributed by atoms with van der Waals surface area (Å²) >= 11 is 0. The van der Waals surface area contributed by atoms with Crippen molar-refractivity contribution in [2.75, 3.05) is 26.8 Å². The average Bonchev–Trinajstić information content (AvgIpc) is 2.80. The Labute approximate surface area is 115 Å². The molecule has 0 spiro atoms. The van der Waals surface area contributed by atoms with Gasteiger partial charge in [-0.1, -0.05) is 0 Å². The third-order valence-electron chi connectivity index (χ3n) is 3.65. The molecule has 5 heteroatoms. The van der Waals surface area contributed by atoms with E-state index < -0.39 is 0 Å². The summed E-state index contributed by atoms with van der Waals surface area (Å²) < 4.78 is 4.95. The standard InChI is InChI=1S/C14H26N2O3/c1-11(17)10-13-6-4-8-16(13)12(2)14(18)15-7-5-9-19-3/h12-13H,4-10H2,1-3H3,(H,15,18). The molecule has 19 heavy (non-hydrogen) atoms. The normalized spacial score (nSPS) is 21.3. The molecular formula is C14H26N2O3. The Hall–Kier alpha value is -0.940. The van der Waals surface area contributed by atoms with E-state index in [0.717, 1.165) is 25.8 Å². The molecule has 5 nitrogen and oxygen atoms in total. The van der Waals surface area contributed by atoms with Gasteiger partial charge >= 0.3 is 0 Å². The van der Waals surface area contributed by atoms with Crippen molar-refractivity contribution < 1.29 is 14.3 Å². The zero-order chi connectivity index (χ0) is 14.3. The number of ketones is 1. The van der Waals surface area contributed by atoms with E-state index in [4.69, 9.17) is 4.74 Å². The fourth-order valence-corrected chi connectivity index (χ4v) is 2.65. The number of amides is 1. The van der Waals surface area contributed by atoms with Crippen LogP contribution in [-0.4, -0.2) is 55.5 Å². The van der Waals surface area contributed by atoms with Crippen molar-refractivity contribution in [2.45, 2.75) is 51.6 Å². The molecule has 1 saturated heterocycles. The number of ether oxygens (including phenoxy) is 1. The Balaban J connectivity index is 2.39. The lowest BCUT2D eigenvalue weighted by atomic mass is 10.1. The van der Waals surface area contributed by atoms with Gasteiger partial charge in [0.15, 0.2) is 0 Å². The lowest BCUT2D eigenvalue weighted by Crippen LogP contribution is -2.47. The van der Waals surface area contributed by atoms with Crippen LogP contribution in [0.3, 0.4) is 0 Å². The number of nitrogens with one attached hydrogen (secondary N) is 1. The number of methoxy groups -OCH3 is 1. The average molecular weight is 270 g/mol. The summed E-state index contributed by atoms with van der Waals surface area (Å²) in [6.45, 7) is 5.74. The molecule has 2 unspecified atom stereocenters. The van der Waals surface area contributed by atoms with Gasteiger partial charge in [-0.25, -0.2) is 0 Å². The van der Waals surface area contributed by atoms with Gasteiger partial charge in [-0.15, -0.1) is 0 Å². The zero-order valence-corrected chi connectivity index (χ0v) is 12.3. The Morgan fingerprint density at radius 3 is 2.84 bits per heavy atom. The Kier molecular flexibility index (Phi) is 7.02. The van der Waals surface area contributed by atoms with Crippen LogP contribution >= 0.6 is 0 Å². The molecule has 0 aromatic heterocycles. The van der Waals surface area contributed by atoms with Crippen LogP contribution in [0.1, 0.15) is 39.5 Å². The van der Waals surface area contributed by atoms with E-state index in [1.165, 1.54) is 0 Å². The molecule has 1 rings (SSSR count). The summed E-state index contributed by atoms with van der Waals surface area (Å²) in [6, 6.07) is 0.0756. The minimum Gasteiger partial charge on any atom is -0.385 e. The highest BCUT2D eigenvalue weighted by atomic mass is 16.5. The van der Waals surface area contributed by atoms with E-state index in [2.05, 4.69) is 10.2 Å². The molecule has 0 bridgehead atoms. The molecule has 1 N–H and O–H groups in total. The molecule has 110 valence electrons. The van der Waals surface area contributed by atoms with E-state index in [-0.39, 0.29) is 23.8 Å². The Morgan fingerprint density at radius 2 is 2.21 bits per heavy atom. The van der Waals surface area contributed by atoms with Gasteiger partial charge in [0, 0.05) is 32.7 Å². The van der Waals surface area contributed by atoms with Crippen LogP contribution < -0.4 is 5.32 Å². The van der Waals surface area contributed by atoms with E-state index in [9.17, 15) is 9.59 Å². The van der Waals surface area contributed by atoms with Crippen LogP contribution in [0.5, 0.6) is 0 Å². The topological polar surface area (TPSA) is 58.6 Å². The zero-order valence-electron chi connectivity index (χ0n) is 12.3. The van der Waals surface area contributed by atoms with Crippen molar-refractivity contribution in [1.29, 1.82) is 0 Å². The maximum absolute atomic E-state index is 12.0. The number of carbonyl (C=O) groups is 2. The Bertz CT molecular complexity index is 307. The van der Waals surface area contributed by atoms with Crippen LogP contribution in [-0.2, 0) is 14.3 Å². The number of nitrogens with zero attached hydrogens (tertiary/aromatic N) is 1. The van der Waals surface area contributed by atoms with Gasteiger partial charge < -0.3 is 10.1 Å². The molecule has 0 saturated carbocycles. The van der Waals surface area contributed by atoms with Crippen molar-refractivity contribution in [3.05, 3.63) is 0 Å². The molecule has 1 fully saturated rings. The highest BCUT2D eigenvalue weighted by Gasteiger charge is 2.32. The van der Waals surface area contributed by atoms with Gasteiger partial charge in [0.05, 0.1) is 6.04 Å². The van der Waals surface area contributed by atoms with Gasteiger partial charge in [-0.2, -0.15) is 0 Å². The van der Waals surface area contributed by atoms with Crippen molar-refractivity contribution in [2.24, 2.45) is 0 Å². The molecule has 0 aromatic carbocycles. The first kappa shape index (κ1) is 16.1. The second-order valence-corrected chi connectivity index (χ2v) is 5.25. The smallest absolute Gasteiger partial charge is 0.237 e. The predicted octanol–water partition coefficient (Wildman–Crippen LogP) is 0.971. The highest BCUT2D eigenvalue weighted by molar-refractivity contribution is 5.81. The van der Waals surface area contributed by atoms with Crippen LogP contribution in [0.2, 0.25) is 0 Å². The molecule has 2 atom stereocenters. The third kappa shape index (κ3) is 5.28. The highest BCUT2D eigenvalue weighted by Crippen LogP contribution is 2.22. The summed E-state index contributed by atoms with van der Waals surface area (Å²) in [6.07, 6.45) is 3.47. The summed E-state index contributed by atoms with van der Waals surface area (Å²) in [7, 11) is 1.65. The van der Waals surface area contributed by atoms with Crippen LogP contribution in [0.25, 0.3) is 0 Å². The lowest BCUT2D eigenvalue weighted by molar-refractivity contribution is -0.127. The number of rotatable bonds is 8. The lowest BCUT2D eigenvalue weighted by Gasteiger charge is -2.29. The molecule has 1 aliphatic heterocycles. The number of Topliss-reactive ketones (excluding diaryl/α,β-unsaturated/α-hetero) is 1. The molecule has 0 aromatic rings. The van der Waals surface area contributed by atoms with E-state index in [1.54, 1.807) is 14.0 Å². The van der Waals surface area contributed by atoms with Gasteiger partial charge in [-0.05, 0) is 39.7 Å². The van der Waals surface area contributed by atoms with E-state index in [0.29, 0.717) is 19.6 Å². The van der Waals surface area contributed by atoms with Crippen molar-refractivity contribution in [3.63, 3.8) is 0 Å². The van der Waals surface area contributed by atoms with Gasteiger partial charge in [0.25, 0.3) is 0 Å². The second-order valence-electron chi connectivity index (χ2n) is 5.25. The molecule has 1 amide bonds. The first-order chi connectivity index (χ1) is 9.06. The quantitative estimate of drug-likeness (QED) is 0.668. The van der Waals surface area contributed by atoms with Gasteiger partial charge in [-0.3, -0.25) is 14.5 Å². The van der Waals surface area contributed by atoms with Crippen LogP contribution in [0.15, 0.2) is 0 Å². The second kappa shape index (κ2) is 8.27. The number of carbonyl (C=O) groups excluding carboxylic acids is 2.